The lowest BCUT2D eigenvalue weighted by Gasteiger charge is -2.38. The van der Waals surface area contributed by atoms with E-state index in [0.29, 0.717) is 16.1 Å². The van der Waals surface area contributed by atoms with Gasteiger partial charge in [0.15, 0.2) is 0 Å². The molecule has 2 aliphatic rings. The summed E-state index contributed by atoms with van der Waals surface area (Å²) in [6.45, 7) is 1.68. The average Bonchev–Trinajstić information content (AvgIpc) is 2.59. The monoisotopic (exact) mass is 363 g/mol. The van der Waals surface area contributed by atoms with Crippen LogP contribution in [0.1, 0.15) is 61.4 Å². The fourth-order valence-electron chi connectivity index (χ4n) is 3.79. The predicted octanol–water partition coefficient (Wildman–Crippen LogP) is 3.48. The number of carbonyl (C=O) groups excluding carboxylic acids is 3. The Balaban J connectivity index is 1.88. The maximum absolute atomic E-state index is 12.8. The number of hydrogen-bond acceptors (Lipinski definition) is 4. The first kappa shape index (κ1) is 17.9. The lowest BCUT2D eigenvalue weighted by molar-refractivity contribution is -0.155. The number of nitrogens with zero attached hydrogens (tertiary/aromatic N) is 1. The van der Waals surface area contributed by atoms with E-state index in [1.54, 1.807) is 25.1 Å². The van der Waals surface area contributed by atoms with Gasteiger partial charge in [0.2, 0.25) is 5.91 Å². The number of likely N-dealkylation sites (N-methyl/N-ethyl adjacent to an activating group) is 1. The predicted molar refractivity (Wildman–Crippen MR) is 93.5 cm³/mol. The summed E-state index contributed by atoms with van der Waals surface area (Å²) in [7, 11) is 1.44. The third-order valence-electron chi connectivity index (χ3n) is 5.24. The molecule has 1 fully saturated rings. The summed E-state index contributed by atoms with van der Waals surface area (Å²) >= 11 is 6.08. The highest BCUT2D eigenvalue weighted by molar-refractivity contribution is 6.31. The molecule has 1 atom stereocenters. The Morgan fingerprint density at radius 2 is 1.96 bits per heavy atom. The van der Waals surface area contributed by atoms with Gasteiger partial charge in [-0.2, -0.15) is 0 Å². The molecule has 0 spiro atoms. The number of benzene rings is 1. The molecule has 1 heterocycles. The van der Waals surface area contributed by atoms with E-state index in [1.807, 2.05) is 0 Å². The molecule has 3 rings (SSSR count). The largest absolute Gasteiger partial charge is 0.462 e. The molecule has 1 aliphatic heterocycles. The number of esters is 1. The number of amides is 2. The van der Waals surface area contributed by atoms with Crippen molar-refractivity contribution in [1.29, 1.82) is 0 Å². The fourth-order valence-corrected chi connectivity index (χ4v) is 3.96. The van der Waals surface area contributed by atoms with E-state index >= 15 is 0 Å². The first-order chi connectivity index (χ1) is 11.8. The molecule has 1 aromatic rings. The van der Waals surface area contributed by atoms with Gasteiger partial charge in [0.1, 0.15) is 6.10 Å². The zero-order chi connectivity index (χ0) is 18.2. The Bertz CT molecular complexity index is 726. The Morgan fingerprint density at radius 3 is 2.64 bits per heavy atom. The third-order valence-corrected chi connectivity index (χ3v) is 5.47. The zero-order valence-corrected chi connectivity index (χ0v) is 15.3. The van der Waals surface area contributed by atoms with Crippen LogP contribution < -0.4 is 0 Å². The molecule has 0 aromatic heterocycles. The molecule has 5 nitrogen and oxygen atoms in total. The van der Waals surface area contributed by atoms with Crippen molar-refractivity contribution in [1.82, 2.24) is 4.90 Å². The van der Waals surface area contributed by atoms with Crippen molar-refractivity contribution in [2.75, 3.05) is 7.05 Å². The summed E-state index contributed by atoms with van der Waals surface area (Å²) in [6, 6.07) is 4.82. The van der Waals surface area contributed by atoms with Gasteiger partial charge in [0.25, 0.3) is 5.91 Å². The van der Waals surface area contributed by atoms with Crippen LogP contribution in [0.5, 0.6) is 0 Å². The summed E-state index contributed by atoms with van der Waals surface area (Å²) < 4.78 is 5.59. The normalized spacial score (nSPS) is 24.2. The molecular formula is C19H22ClNO4. The van der Waals surface area contributed by atoms with Crippen LogP contribution in [0.4, 0.5) is 0 Å². The van der Waals surface area contributed by atoms with E-state index in [9.17, 15) is 14.4 Å². The van der Waals surface area contributed by atoms with Crippen LogP contribution in [0, 0.1) is 0 Å². The summed E-state index contributed by atoms with van der Waals surface area (Å²) in [4.78, 5) is 38.8. The van der Waals surface area contributed by atoms with Crippen LogP contribution in [0.15, 0.2) is 18.2 Å². The van der Waals surface area contributed by atoms with Gasteiger partial charge >= 0.3 is 5.97 Å². The molecular weight excluding hydrogens is 342 g/mol. The standard InChI is InChI=1S/C19H22ClNO4/c1-19(11-16(22)25-13-6-4-3-5-7-13)15-10-12(20)8-9-14(15)17(23)21(2)18(19)24/h8-10,13H,3-7,11H2,1-2H3. The van der Waals surface area contributed by atoms with Gasteiger partial charge in [-0.05, 0) is 56.4 Å². The van der Waals surface area contributed by atoms with Crippen LogP contribution >= 0.6 is 11.6 Å². The van der Waals surface area contributed by atoms with Gasteiger partial charge in [-0.25, -0.2) is 0 Å². The van der Waals surface area contributed by atoms with Crippen molar-refractivity contribution in [3.05, 3.63) is 34.3 Å². The third kappa shape index (κ3) is 3.30. The van der Waals surface area contributed by atoms with Crippen molar-refractivity contribution in [2.45, 2.75) is 57.0 Å². The highest BCUT2D eigenvalue weighted by Crippen LogP contribution is 2.39. The minimum absolute atomic E-state index is 0.0678. The van der Waals surface area contributed by atoms with Gasteiger partial charge < -0.3 is 4.74 Å². The Kier molecular flexibility index (Phi) is 4.87. The second-order valence-corrected chi connectivity index (χ2v) is 7.55. The maximum Gasteiger partial charge on any atom is 0.307 e. The maximum atomic E-state index is 12.8. The van der Waals surface area contributed by atoms with E-state index in [-0.39, 0.29) is 18.4 Å². The zero-order valence-electron chi connectivity index (χ0n) is 14.5. The van der Waals surface area contributed by atoms with Crippen molar-refractivity contribution in [3.8, 4) is 0 Å². The average molecular weight is 364 g/mol. The van der Waals surface area contributed by atoms with E-state index in [2.05, 4.69) is 0 Å². The molecule has 1 aliphatic carbocycles. The molecule has 0 saturated heterocycles. The summed E-state index contributed by atoms with van der Waals surface area (Å²) in [5.74, 6) is -1.20. The molecule has 6 heteroatoms. The quantitative estimate of drug-likeness (QED) is 0.609. The molecule has 1 saturated carbocycles. The van der Waals surface area contributed by atoms with Crippen LogP contribution in [-0.4, -0.2) is 35.8 Å². The van der Waals surface area contributed by atoms with E-state index in [1.165, 1.54) is 13.5 Å². The molecule has 0 radical (unpaired) electrons. The SMILES string of the molecule is CN1C(=O)c2ccc(Cl)cc2C(C)(CC(=O)OC2CCCCC2)C1=O. The van der Waals surface area contributed by atoms with Gasteiger partial charge in [-0.15, -0.1) is 0 Å². The molecule has 1 unspecified atom stereocenters. The van der Waals surface area contributed by atoms with Crippen molar-refractivity contribution >= 4 is 29.4 Å². The fraction of sp³-hybridized carbons (Fsp3) is 0.526. The van der Waals surface area contributed by atoms with Crippen molar-refractivity contribution < 1.29 is 19.1 Å². The molecule has 1 aromatic carbocycles. The van der Waals surface area contributed by atoms with Crippen LogP contribution in [0.3, 0.4) is 0 Å². The first-order valence-corrected chi connectivity index (χ1v) is 9.03. The highest BCUT2D eigenvalue weighted by atomic mass is 35.5. The minimum Gasteiger partial charge on any atom is -0.462 e. The number of halogens is 1. The van der Waals surface area contributed by atoms with Crippen LogP contribution in [0.2, 0.25) is 5.02 Å². The van der Waals surface area contributed by atoms with Gasteiger partial charge in [0, 0.05) is 17.6 Å². The first-order valence-electron chi connectivity index (χ1n) is 8.65. The summed E-state index contributed by atoms with van der Waals surface area (Å²) in [5.41, 5.74) is -0.262. The number of ether oxygens (including phenoxy) is 1. The summed E-state index contributed by atoms with van der Waals surface area (Å²) in [5, 5.41) is 0.427. The smallest absolute Gasteiger partial charge is 0.307 e. The second kappa shape index (κ2) is 6.79. The second-order valence-electron chi connectivity index (χ2n) is 7.12. The lowest BCUT2D eigenvalue weighted by atomic mass is 9.73. The number of fused-ring (bicyclic) bond motifs is 1. The Morgan fingerprint density at radius 1 is 1.28 bits per heavy atom. The Labute approximate surface area is 152 Å². The molecule has 134 valence electrons. The number of rotatable bonds is 3. The topological polar surface area (TPSA) is 63.7 Å². The van der Waals surface area contributed by atoms with Gasteiger partial charge in [0.05, 0.1) is 11.8 Å². The van der Waals surface area contributed by atoms with Crippen molar-refractivity contribution in [3.63, 3.8) is 0 Å². The molecule has 0 N–H and O–H groups in total. The van der Waals surface area contributed by atoms with Crippen LogP contribution in [-0.2, 0) is 19.7 Å². The minimum atomic E-state index is -1.16. The van der Waals surface area contributed by atoms with Crippen molar-refractivity contribution in [2.24, 2.45) is 0 Å². The van der Waals surface area contributed by atoms with E-state index < -0.39 is 17.3 Å². The van der Waals surface area contributed by atoms with E-state index in [4.69, 9.17) is 16.3 Å². The molecule has 0 bridgehead atoms. The Hall–Kier alpha value is -1.88. The number of hydrogen-bond donors (Lipinski definition) is 0. The number of carbonyl (C=O) groups is 3. The number of imide groups is 1. The summed E-state index contributed by atoms with van der Waals surface area (Å²) in [6.07, 6.45) is 4.86. The molecule has 2 amide bonds. The van der Waals surface area contributed by atoms with Crippen LogP contribution in [0.25, 0.3) is 0 Å². The lowest BCUT2D eigenvalue weighted by Crippen LogP contribution is -2.52. The van der Waals surface area contributed by atoms with Gasteiger partial charge in [-0.1, -0.05) is 18.0 Å². The van der Waals surface area contributed by atoms with E-state index in [0.717, 1.165) is 30.6 Å². The highest BCUT2D eigenvalue weighted by Gasteiger charge is 2.48. The van der Waals surface area contributed by atoms with Gasteiger partial charge in [-0.3, -0.25) is 19.3 Å². The molecule has 25 heavy (non-hydrogen) atoms.